The fourth-order valence-corrected chi connectivity index (χ4v) is 2.57. The first-order valence-corrected chi connectivity index (χ1v) is 11.3. The monoisotopic (exact) mass is 332 g/mol. The van der Waals surface area contributed by atoms with Crippen molar-refractivity contribution < 1.29 is 0 Å². The highest BCUT2D eigenvalue weighted by atomic mass is 31.1. The minimum atomic E-state index is 0.963. The van der Waals surface area contributed by atoms with E-state index in [9.17, 15) is 0 Å². The Morgan fingerprint density at radius 3 is 1.32 bits per heavy atom. The molecule has 0 aromatic rings. The van der Waals surface area contributed by atoms with Crippen molar-refractivity contribution >= 4 is 8.58 Å². The molecule has 0 amide bonds. The smallest absolute Gasteiger partial charge is 0.0354 e. The first kappa shape index (κ1) is 30.1. The van der Waals surface area contributed by atoms with E-state index in [1.165, 1.54) is 65.0 Å². The Hall–Kier alpha value is 0.170. The molecule has 0 saturated heterocycles. The van der Waals surface area contributed by atoms with Crippen molar-refractivity contribution in [3.8, 4) is 0 Å². The summed E-state index contributed by atoms with van der Waals surface area (Å²) in [4.78, 5) is 0. The Labute approximate surface area is 146 Å². The Kier molecular flexibility index (Phi) is 45.1. The largest absolute Gasteiger partial charge is 0.122 e. The molecular formula is C21H49P. The summed E-state index contributed by atoms with van der Waals surface area (Å²) in [7, 11) is 1.23. The summed E-state index contributed by atoms with van der Waals surface area (Å²) in [6, 6.07) is 0. The third kappa shape index (κ3) is 50.0. The van der Waals surface area contributed by atoms with Gasteiger partial charge in [-0.2, -0.15) is 0 Å². The van der Waals surface area contributed by atoms with Crippen LogP contribution in [0.1, 0.15) is 107 Å². The second kappa shape index (κ2) is 32.9. The summed E-state index contributed by atoms with van der Waals surface area (Å²) in [5.74, 6) is 0.963. The summed E-state index contributed by atoms with van der Waals surface area (Å²) >= 11 is 0. The molecule has 138 valence electrons. The van der Waals surface area contributed by atoms with Crippen LogP contribution < -0.4 is 0 Å². The lowest BCUT2D eigenvalue weighted by atomic mass is 10.0. The van der Waals surface area contributed by atoms with Crippen LogP contribution in [-0.4, -0.2) is 12.3 Å². The number of hydrogen-bond acceptors (Lipinski definition) is 0. The van der Waals surface area contributed by atoms with E-state index in [2.05, 4.69) is 48.1 Å². The van der Waals surface area contributed by atoms with Crippen molar-refractivity contribution in [2.75, 3.05) is 12.3 Å². The average Bonchev–Trinajstić information content (AvgIpc) is 2.51. The number of allylic oxidation sites excluding steroid dienone is 1. The van der Waals surface area contributed by atoms with Gasteiger partial charge in [0.2, 0.25) is 0 Å². The molecule has 0 N–H and O–H groups in total. The Balaban J connectivity index is -0.000000107. The van der Waals surface area contributed by atoms with Gasteiger partial charge in [-0.3, -0.25) is 0 Å². The van der Waals surface area contributed by atoms with E-state index in [4.69, 9.17) is 0 Å². The van der Waals surface area contributed by atoms with Gasteiger partial charge in [0.1, 0.15) is 0 Å². The molecule has 0 aliphatic carbocycles. The molecule has 0 unspecified atom stereocenters. The van der Waals surface area contributed by atoms with Crippen LogP contribution >= 0.6 is 8.58 Å². The molecular weight excluding hydrogens is 283 g/mol. The van der Waals surface area contributed by atoms with Crippen LogP contribution in [0.2, 0.25) is 0 Å². The summed E-state index contributed by atoms with van der Waals surface area (Å²) in [5.41, 5.74) is 1.25. The van der Waals surface area contributed by atoms with Crippen molar-refractivity contribution in [2.24, 2.45) is 5.92 Å². The van der Waals surface area contributed by atoms with Gasteiger partial charge in [0.25, 0.3) is 0 Å². The fraction of sp³-hybridized carbons (Fsp3) is 0.905. The SMILES string of the molecule is C=C(C)CC.CC.CCCC(C)CCC.CCCPCCC. The number of rotatable bonds is 9. The van der Waals surface area contributed by atoms with Gasteiger partial charge in [0.05, 0.1) is 0 Å². The maximum atomic E-state index is 3.67. The van der Waals surface area contributed by atoms with Crippen molar-refractivity contribution in [1.29, 1.82) is 0 Å². The van der Waals surface area contributed by atoms with Crippen LogP contribution in [-0.2, 0) is 0 Å². The van der Waals surface area contributed by atoms with Crippen molar-refractivity contribution in [3.05, 3.63) is 12.2 Å². The molecule has 22 heavy (non-hydrogen) atoms. The molecule has 0 aliphatic rings. The summed E-state index contributed by atoms with van der Waals surface area (Å²) in [6.45, 7) is 23.2. The van der Waals surface area contributed by atoms with Gasteiger partial charge >= 0.3 is 0 Å². The highest BCUT2D eigenvalue weighted by molar-refractivity contribution is 7.37. The van der Waals surface area contributed by atoms with Crippen molar-refractivity contribution in [1.82, 2.24) is 0 Å². The third-order valence-electron chi connectivity index (χ3n) is 3.02. The normalized spacial score (nSPS) is 8.82. The standard InChI is InChI=1S/C8H18.C6H15P.C5H10.C2H6/c1-4-6-8(3)7-5-2;1-3-5-7-6-4-2;1-4-5(2)3;1-2/h8H,4-7H2,1-3H3;7H,3-6H2,1-2H3;2,4H2,1,3H3;1-2H3. The van der Waals surface area contributed by atoms with Gasteiger partial charge in [-0.05, 0) is 31.6 Å². The second-order valence-corrected chi connectivity index (χ2v) is 7.24. The Bertz CT molecular complexity index is 153. The first-order valence-electron chi connectivity index (χ1n) is 9.84. The summed E-state index contributed by atoms with van der Waals surface area (Å²) in [6.07, 6.45) is 12.3. The van der Waals surface area contributed by atoms with Crippen LogP contribution in [0.5, 0.6) is 0 Å². The molecule has 0 radical (unpaired) electrons. The van der Waals surface area contributed by atoms with Crippen LogP contribution in [0.25, 0.3) is 0 Å². The van der Waals surface area contributed by atoms with Gasteiger partial charge < -0.3 is 0 Å². The average molecular weight is 333 g/mol. The van der Waals surface area contributed by atoms with Crippen LogP contribution in [0.3, 0.4) is 0 Å². The first-order chi connectivity index (χ1) is 10.5. The van der Waals surface area contributed by atoms with Crippen LogP contribution in [0.15, 0.2) is 12.2 Å². The van der Waals surface area contributed by atoms with Crippen LogP contribution in [0.4, 0.5) is 0 Å². The minimum absolute atomic E-state index is 0.963. The molecule has 0 aromatic heterocycles. The molecule has 0 aromatic carbocycles. The molecule has 0 atom stereocenters. The lowest BCUT2D eigenvalue weighted by molar-refractivity contribution is 0.480. The molecule has 0 bridgehead atoms. The molecule has 0 heterocycles. The molecule has 0 spiro atoms. The molecule has 0 aliphatic heterocycles. The lowest BCUT2D eigenvalue weighted by Crippen LogP contribution is -1.91. The van der Waals surface area contributed by atoms with E-state index in [-0.39, 0.29) is 0 Å². The van der Waals surface area contributed by atoms with Gasteiger partial charge in [-0.25, -0.2) is 0 Å². The van der Waals surface area contributed by atoms with Gasteiger partial charge in [-0.15, -0.1) is 15.2 Å². The zero-order valence-corrected chi connectivity index (χ0v) is 18.6. The maximum absolute atomic E-state index is 3.67. The highest BCUT2D eigenvalue weighted by Gasteiger charge is 1.95. The van der Waals surface area contributed by atoms with E-state index in [0.717, 1.165) is 12.3 Å². The zero-order chi connectivity index (χ0) is 18.2. The van der Waals surface area contributed by atoms with E-state index in [1.54, 1.807) is 0 Å². The minimum Gasteiger partial charge on any atom is -0.122 e. The van der Waals surface area contributed by atoms with E-state index >= 15 is 0 Å². The lowest BCUT2D eigenvalue weighted by Gasteiger charge is -2.05. The Morgan fingerprint density at radius 1 is 0.818 bits per heavy atom. The fourth-order valence-electron chi connectivity index (χ4n) is 1.61. The topological polar surface area (TPSA) is 0 Å². The molecule has 0 nitrogen and oxygen atoms in total. The van der Waals surface area contributed by atoms with E-state index in [1.807, 2.05) is 20.8 Å². The Morgan fingerprint density at radius 2 is 1.14 bits per heavy atom. The van der Waals surface area contributed by atoms with Gasteiger partial charge in [0.15, 0.2) is 0 Å². The van der Waals surface area contributed by atoms with Crippen molar-refractivity contribution in [2.45, 2.75) is 107 Å². The maximum Gasteiger partial charge on any atom is -0.0354 e. The predicted molar refractivity (Wildman–Crippen MR) is 114 cm³/mol. The molecule has 0 fully saturated rings. The molecule has 1 heteroatoms. The predicted octanol–water partition coefficient (Wildman–Crippen LogP) is 8.71. The van der Waals surface area contributed by atoms with Crippen molar-refractivity contribution in [3.63, 3.8) is 0 Å². The van der Waals surface area contributed by atoms with E-state index < -0.39 is 0 Å². The molecule has 0 saturated carbocycles. The molecule has 0 rings (SSSR count). The summed E-state index contributed by atoms with van der Waals surface area (Å²) < 4.78 is 0. The van der Waals surface area contributed by atoms with Gasteiger partial charge in [-0.1, -0.05) is 99.5 Å². The summed E-state index contributed by atoms with van der Waals surface area (Å²) in [5, 5.41) is 0. The highest BCUT2D eigenvalue weighted by Crippen LogP contribution is 2.11. The quantitative estimate of drug-likeness (QED) is 0.225. The third-order valence-corrected chi connectivity index (χ3v) is 4.73. The second-order valence-electron chi connectivity index (χ2n) is 5.74. The van der Waals surface area contributed by atoms with E-state index in [0.29, 0.717) is 0 Å². The van der Waals surface area contributed by atoms with Crippen LogP contribution in [0, 0.1) is 5.92 Å². The number of hydrogen-bond donors (Lipinski definition) is 0. The zero-order valence-electron chi connectivity index (χ0n) is 17.6. The van der Waals surface area contributed by atoms with Gasteiger partial charge in [0, 0.05) is 0 Å².